The summed E-state index contributed by atoms with van der Waals surface area (Å²) in [6.07, 6.45) is 71.1. The van der Waals surface area contributed by atoms with Crippen LogP contribution >= 0.6 is 15.6 Å². The average Bonchev–Trinajstić information content (AvgIpc) is 0.923. The molecule has 0 saturated heterocycles. The Morgan fingerprint density at radius 1 is 0.235 bits per heavy atom. The summed E-state index contributed by atoms with van der Waals surface area (Å²) in [5.41, 5.74) is 0. The third kappa shape index (κ3) is 76.3. The number of ether oxygens (including phenoxy) is 4. The lowest BCUT2D eigenvalue weighted by atomic mass is 10.0. The number of carbonyl (C=O) groups is 4. The third-order valence-electron chi connectivity index (χ3n) is 19.6. The lowest BCUT2D eigenvalue weighted by Crippen LogP contribution is -2.30. The Bertz CT molecular complexity index is 1930. The summed E-state index contributed by atoms with van der Waals surface area (Å²) in [5, 5.41) is 10.6. The van der Waals surface area contributed by atoms with E-state index >= 15 is 0 Å². The van der Waals surface area contributed by atoms with Gasteiger partial charge in [0.15, 0.2) is 12.2 Å². The van der Waals surface area contributed by atoms with Gasteiger partial charge < -0.3 is 33.8 Å². The fourth-order valence-corrected chi connectivity index (χ4v) is 14.6. The van der Waals surface area contributed by atoms with Crippen LogP contribution in [0.15, 0.2) is 0 Å². The van der Waals surface area contributed by atoms with Crippen LogP contribution in [0, 0.1) is 0 Å². The molecule has 0 rings (SSSR count). The molecule has 3 N–H and O–H groups in total. The highest BCUT2D eigenvalue weighted by Gasteiger charge is 2.30. The molecule has 0 fully saturated rings. The van der Waals surface area contributed by atoms with Gasteiger partial charge in [-0.25, -0.2) is 9.13 Å². The molecule has 0 aromatic rings. The van der Waals surface area contributed by atoms with E-state index in [1.165, 1.54) is 270 Å². The molecule has 0 radical (unpaired) electrons. The van der Waals surface area contributed by atoms with Gasteiger partial charge in [-0.1, -0.05) is 400 Å². The van der Waals surface area contributed by atoms with E-state index in [0.717, 1.165) is 103 Å². The molecular weight excluding hydrogens is 1330 g/mol. The SMILES string of the molecule is CCCCCCCCCCCCCCCCCCCCCCCCC(=O)O[C@H](COC(=O)CCCCCCCCCCCCCCCCCCCCCC)COP(=O)(O)OC[C@@H](O)COP(=O)(O)OC[C@@H](COC(=O)CCCCCCCCC)OC(=O)CCCCCCCCCCCCCCC. The van der Waals surface area contributed by atoms with Crippen LogP contribution in [0.3, 0.4) is 0 Å². The van der Waals surface area contributed by atoms with Crippen molar-refractivity contribution in [3.8, 4) is 0 Å². The van der Waals surface area contributed by atoms with Crippen molar-refractivity contribution < 1.29 is 80.2 Å². The largest absolute Gasteiger partial charge is 0.472 e. The van der Waals surface area contributed by atoms with Gasteiger partial charge in [-0.2, -0.15) is 0 Å². The second kappa shape index (κ2) is 77.2. The number of carbonyl (C=O) groups excluding carboxylic acids is 4. The first-order valence-corrected chi connectivity index (χ1v) is 46.3. The summed E-state index contributed by atoms with van der Waals surface area (Å²) < 4.78 is 68.6. The smallest absolute Gasteiger partial charge is 0.462 e. The number of aliphatic hydroxyl groups is 1. The molecule has 2 unspecified atom stereocenters. The van der Waals surface area contributed by atoms with Crippen LogP contribution in [-0.2, 0) is 65.4 Å². The first-order valence-electron chi connectivity index (χ1n) is 43.3. The molecule has 0 aromatic carbocycles. The summed E-state index contributed by atoms with van der Waals surface area (Å²) in [7, 11) is -9.91. The minimum atomic E-state index is -4.96. The minimum absolute atomic E-state index is 0.108. The highest BCUT2D eigenvalue weighted by molar-refractivity contribution is 7.47. The molecular formula is C83H162O17P2. The maximum Gasteiger partial charge on any atom is 0.472 e. The van der Waals surface area contributed by atoms with Gasteiger partial charge in [-0.15, -0.1) is 0 Å². The van der Waals surface area contributed by atoms with Crippen molar-refractivity contribution in [2.45, 2.75) is 470 Å². The van der Waals surface area contributed by atoms with Crippen LogP contribution in [0.4, 0.5) is 0 Å². The topological polar surface area (TPSA) is 237 Å². The Labute approximate surface area is 626 Å². The fourth-order valence-electron chi connectivity index (χ4n) is 13.0. The summed E-state index contributed by atoms with van der Waals surface area (Å²) in [4.78, 5) is 72.9. The molecule has 0 amide bonds. The van der Waals surface area contributed by atoms with Gasteiger partial charge in [-0.05, 0) is 25.7 Å². The Kier molecular flexibility index (Phi) is 75.8. The summed E-state index contributed by atoms with van der Waals surface area (Å²) in [6, 6.07) is 0. The van der Waals surface area contributed by atoms with Crippen LogP contribution in [0.5, 0.6) is 0 Å². The Hall–Kier alpha value is -1.94. The molecule has 0 bridgehead atoms. The van der Waals surface area contributed by atoms with E-state index in [2.05, 4.69) is 27.7 Å². The van der Waals surface area contributed by atoms with Crippen LogP contribution in [0.2, 0.25) is 0 Å². The fraction of sp³-hybridized carbons (Fsp3) is 0.952. The van der Waals surface area contributed by atoms with E-state index in [4.69, 9.17) is 37.0 Å². The zero-order valence-electron chi connectivity index (χ0n) is 66.6. The van der Waals surface area contributed by atoms with E-state index in [-0.39, 0.29) is 25.7 Å². The van der Waals surface area contributed by atoms with Crippen LogP contribution in [0.25, 0.3) is 0 Å². The average molecular weight is 1490 g/mol. The van der Waals surface area contributed by atoms with Crippen molar-refractivity contribution in [3.63, 3.8) is 0 Å². The number of hydrogen-bond donors (Lipinski definition) is 3. The van der Waals surface area contributed by atoms with Crippen molar-refractivity contribution in [1.82, 2.24) is 0 Å². The lowest BCUT2D eigenvalue weighted by Gasteiger charge is -2.21. The van der Waals surface area contributed by atoms with Crippen LogP contribution < -0.4 is 0 Å². The quantitative estimate of drug-likeness (QED) is 0.0222. The molecule has 5 atom stereocenters. The van der Waals surface area contributed by atoms with Crippen molar-refractivity contribution in [2.75, 3.05) is 39.6 Å². The van der Waals surface area contributed by atoms with Crippen molar-refractivity contribution in [1.29, 1.82) is 0 Å². The van der Waals surface area contributed by atoms with E-state index in [9.17, 15) is 43.2 Å². The van der Waals surface area contributed by atoms with Crippen molar-refractivity contribution >= 4 is 39.5 Å². The van der Waals surface area contributed by atoms with Crippen LogP contribution in [-0.4, -0.2) is 96.7 Å². The second-order valence-electron chi connectivity index (χ2n) is 29.9. The monoisotopic (exact) mass is 1490 g/mol. The Morgan fingerprint density at radius 2 is 0.392 bits per heavy atom. The second-order valence-corrected chi connectivity index (χ2v) is 32.8. The first kappa shape index (κ1) is 100. The number of unbranched alkanes of at least 4 members (excludes halogenated alkanes) is 58. The standard InChI is InChI=1S/C83H162O17P2/c1-5-9-13-17-21-24-27-30-32-34-36-38-39-41-43-45-48-51-54-58-62-66-70-83(88)100-79(74-94-81(86)68-64-60-56-52-49-47-44-42-40-37-35-33-31-28-25-22-18-14-10-6-2)76-98-102(91,92)96-72-77(84)71-95-101(89,90)97-75-78(73-93-80(85)67-63-59-55-20-16-12-8-4)99-82(87)69-65-61-57-53-50-46-29-26-23-19-15-11-7-3/h77-79,84H,5-76H2,1-4H3,(H,89,90)(H,91,92)/t77-,78+,79+/m0/s1. The van der Waals surface area contributed by atoms with Crippen LogP contribution in [0.1, 0.15) is 451 Å². The number of hydrogen-bond acceptors (Lipinski definition) is 15. The third-order valence-corrected chi connectivity index (χ3v) is 21.5. The molecule has 0 aromatic heterocycles. The van der Waals surface area contributed by atoms with Gasteiger partial charge in [0, 0.05) is 25.7 Å². The molecule has 0 spiro atoms. The number of aliphatic hydroxyl groups excluding tert-OH is 1. The highest BCUT2D eigenvalue weighted by Crippen LogP contribution is 2.45. The van der Waals surface area contributed by atoms with Gasteiger partial charge in [0.05, 0.1) is 26.4 Å². The zero-order chi connectivity index (χ0) is 74.6. The predicted octanol–water partition coefficient (Wildman–Crippen LogP) is 25.4. The molecule has 606 valence electrons. The maximum absolute atomic E-state index is 13.1. The summed E-state index contributed by atoms with van der Waals surface area (Å²) in [6.45, 7) is 4.99. The molecule has 19 heteroatoms. The van der Waals surface area contributed by atoms with Gasteiger partial charge in [-0.3, -0.25) is 37.3 Å². The van der Waals surface area contributed by atoms with E-state index in [1.54, 1.807) is 0 Å². The number of esters is 4. The summed E-state index contributed by atoms with van der Waals surface area (Å²) in [5.74, 6) is -2.11. The van der Waals surface area contributed by atoms with Gasteiger partial charge in [0.1, 0.15) is 19.3 Å². The predicted molar refractivity (Wildman–Crippen MR) is 419 cm³/mol. The summed E-state index contributed by atoms with van der Waals surface area (Å²) >= 11 is 0. The normalized spacial score (nSPS) is 13.8. The molecule has 102 heavy (non-hydrogen) atoms. The Morgan fingerprint density at radius 3 is 0.578 bits per heavy atom. The number of phosphoric ester groups is 2. The van der Waals surface area contributed by atoms with E-state index < -0.39 is 97.5 Å². The van der Waals surface area contributed by atoms with Gasteiger partial charge >= 0.3 is 39.5 Å². The molecule has 0 heterocycles. The molecule has 17 nitrogen and oxygen atoms in total. The lowest BCUT2D eigenvalue weighted by molar-refractivity contribution is -0.161. The van der Waals surface area contributed by atoms with E-state index in [1.807, 2.05) is 0 Å². The number of rotatable bonds is 84. The highest BCUT2D eigenvalue weighted by atomic mass is 31.2. The molecule has 0 saturated carbocycles. The maximum atomic E-state index is 13.1. The molecule has 0 aliphatic rings. The number of phosphoric acid groups is 2. The van der Waals surface area contributed by atoms with Crippen molar-refractivity contribution in [3.05, 3.63) is 0 Å². The zero-order valence-corrected chi connectivity index (χ0v) is 68.4. The molecule has 0 aliphatic heterocycles. The Balaban J connectivity index is 5.14. The minimum Gasteiger partial charge on any atom is -0.462 e. The van der Waals surface area contributed by atoms with E-state index in [0.29, 0.717) is 25.7 Å². The van der Waals surface area contributed by atoms with Gasteiger partial charge in [0.2, 0.25) is 0 Å². The van der Waals surface area contributed by atoms with Crippen molar-refractivity contribution in [2.24, 2.45) is 0 Å². The van der Waals surface area contributed by atoms with Gasteiger partial charge in [0.25, 0.3) is 0 Å². The first-order chi connectivity index (χ1) is 49.7. The molecule has 0 aliphatic carbocycles.